The van der Waals surface area contributed by atoms with Crippen LogP contribution in [0.3, 0.4) is 0 Å². The minimum atomic E-state index is -0.469. The number of rotatable bonds is 6. The summed E-state index contributed by atoms with van der Waals surface area (Å²) in [5, 5.41) is 3.21. The molecule has 3 aromatic rings. The Morgan fingerprint density at radius 3 is 2.71 bits per heavy atom. The minimum absolute atomic E-state index is 0.104. The van der Waals surface area contributed by atoms with Gasteiger partial charge in [-0.05, 0) is 43.2 Å². The standard InChI is InChI=1S/C24H23FN4O2/c1-29-13-21-22(24(29)30)20(28-19-8-4-6-17(25)23(19)31-2)12-16(27-21)11-15-5-3-7-18(26-15)14-9-10-14/h3-8,12,14H,9-11,13H2,1-2H3,(H,27,28). The number of pyridine rings is 2. The van der Waals surface area contributed by atoms with Gasteiger partial charge < -0.3 is 15.0 Å². The third-order valence-corrected chi connectivity index (χ3v) is 5.72. The lowest BCUT2D eigenvalue weighted by molar-refractivity contribution is 0.0817. The van der Waals surface area contributed by atoms with E-state index in [1.54, 1.807) is 24.1 Å². The number of anilines is 2. The quantitative estimate of drug-likeness (QED) is 0.642. The number of hydrogen-bond acceptors (Lipinski definition) is 5. The van der Waals surface area contributed by atoms with E-state index in [-0.39, 0.29) is 11.7 Å². The molecule has 6 nitrogen and oxygen atoms in total. The molecule has 158 valence electrons. The Morgan fingerprint density at radius 2 is 1.94 bits per heavy atom. The first-order chi connectivity index (χ1) is 15.0. The number of nitrogens with one attached hydrogen (secondary N) is 1. The van der Waals surface area contributed by atoms with E-state index in [1.165, 1.54) is 26.0 Å². The molecule has 0 spiro atoms. The highest BCUT2D eigenvalue weighted by Gasteiger charge is 2.30. The number of carbonyl (C=O) groups is 1. The molecule has 2 aliphatic rings. The zero-order valence-electron chi connectivity index (χ0n) is 17.5. The lowest BCUT2D eigenvalue weighted by Gasteiger charge is -2.15. The van der Waals surface area contributed by atoms with E-state index in [1.807, 2.05) is 18.2 Å². The summed E-state index contributed by atoms with van der Waals surface area (Å²) in [7, 11) is 3.17. The van der Waals surface area contributed by atoms with Gasteiger partial charge in [-0.15, -0.1) is 0 Å². The molecule has 0 radical (unpaired) electrons. The van der Waals surface area contributed by atoms with E-state index < -0.39 is 5.82 Å². The van der Waals surface area contributed by atoms with Crippen molar-refractivity contribution in [2.75, 3.05) is 19.5 Å². The van der Waals surface area contributed by atoms with Crippen LogP contribution in [0.25, 0.3) is 0 Å². The van der Waals surface area contributed by atoms with E-state index in [9.17, 15) is 9.18 Å². The molecular weight excluding hydrogens is 395 g/mol. The van der Waals surface area contributed by atoms with Crippen LogP contribution in [0.1, 0.15) is 51.9 Å². The lowest BCUT2D eigenvalue weighted by atomic mass is 10.1. The van der Waals surface area contributed by atoms with Crippen molar-refractivity contribution in [3.8, 4) is 5.75 Å². The van der Waals surface area contributed by atoms with Gasteiger partial charge in [-0.25, -0.2) is 4.39 Å². The summed E-state index contributed by atoms with van der Waals surface area (Å²) >= 11 is 0. The van der Waals surface area contributed by atoms with E-state index in [0.29, 0.717) is 41.5 Å². The SMILES string of the molecule is COc1c(F)cccc1Nc1cc(Cc2cccc(C3CC3)n2)nc2c1C(=O)N(C)C2. The molecule has 2 aromatic heterocycles. The third kappa shape index (κ3) is 3.71. The monoisotopic (exact) mass is 418 g/mol. The Bertz CT molecular complexity index is 1180. The molecule has 31 heavy (non-hydrogen) atoms. The Hall–Kier alpha value is -3.48. The van der Waals surface area contributed by atoms with Gasteiger partial charge in [-0.1, -0.05) is 12.1 Å². The molecule has 1 amide bonds. The van der Waals surface area contributed by atoms with Crippen molar-refractivity contribution >= 4 is 17.3 Å². The first kappa shape index (κ1) is 19.5. The van der Waals surface area contributed by atoms with Gasteiger partial charge in [0.1, 0.15) is 0 Å². The average molecular weight is 418 g/mol. The van der Waals surface area contributed by atoms with E-state index in [2.05, 4.69) is 11.4 Å². The average Bonchev–Trinajstić information content (AvgIpc) is 3.55. The molecule has 0 saturated heterocycles. The molecule has 1 fully saturated rings. The van der Waals surface area contributed by atoms with Crippen LogP contribution in [0.4, 0.5) is 15.8 Å². The zero-order valence-corrected chi connectivity index (χ0v) is 17.5. The molecule has 1 aliphatic carbocycles. The highest BCUT2D eigenvalue weighted by Crippen LogP contribution is 2.39. The number of nitrogens with zero attached hydrogens (tertiary/aromatic N) is 3. The molecule has 7 heteroatoms. The van der Waals surface area contributed by atoms with Crippen molar-refractivity contribution in [2.45, 2.75) is 31.7 Å². The van der Waals surface area contributed by atoms with Gasteiger partial charge in [-0.2, -0.15) is 0 Å². The Kier molecular flexibility index (Phi) is 4.81. The van der Waals surface area contributed by atoms with Gasteiger partial charge in [-0.3, -0.25) is 14.8 Å². The number of hydrogen-bond donors (Lipinski definition) is 1. The zero-order chi connectivity index (χ0) is 21.5. The fourth-order valence-electron chi connectivity index (χ4n) is 4.03. The smallest absolute Gasteiger partial charge is 0.257 e. The molecule has 5 rings (SSSR count). The number of aromatic nitrogens is 2. The van der Waals surface area contributed by atoms with Gasteiger partial charge in [0.15, 0.2) is 11.6 Å². The van der Waals surface area contributed by atoms with Crippen LogP contribution in [-0.4, -0.2) is 34.9 Å². The Labute approximate surface area is 180 Å². The summed E-state index contributed by atoms with van der Waals surface area (Å²) in [4.78, 5) is 23.9. The van der Waals surface area contributed by atoms with E-state index >= 15 is 0 Å². The maximum atomic E-state index is 14.2. The molecule has 3 heterocycles. The number of para-hydroxylation sites is 1. The number of ether oxygens (including phenoxy) is 1. The second kappa shape index (κ2) is 7.65. The van der Waals surface area contributed by atoms with Crippen LogP contribution >= 0.6 is 0 Å². The van der Waals surface area contributed by atoms with Crippen LogP contribution in [0.5, 0.6) is 5.75 Å². The summed E-state index contributed by atoms with van der Waals surface area (Å²) in [5.41, 5.74) is 5.16. The van der Waals surface area contributed by atoms with Crippen LogP contribution in [0.15, 0.2) is 42.5 Å². The Morgan fingerprint density at radius 1 is 1.13 bits per heavy atom. The molecule has 1 aliphatic heterocycles. The summed E-state index contributed by atoms with van der Waals surface area (Å²) < 4.78 is 19.4. The second-order valence-corrected chi connectivity index (χ2v) is 8.09. The number of carbonyl (C=O) groups excluding carboxylic acids is 1. The van der Waals surface area contributed by atoms with E-state index in [4.69, 9.17) is 14.7 Å². The number of methoxy groups -OCH3 is 1. The highest BCUT2D eigenvalue weighted by atomic mass is 19.1. The maximum absolute atomic E-state index is 14.2. The highest BCUT2D eigenvalue weighted by molar-refractivity contribution is 6.03. The van der Waals surface area contributed by atoms with Crippen LogP contribution in [0, 0.1) is 5.82 Å². The molecule has 1 aromatic carbocycles. The second-order valence-electron chi connectivity index (χ2n) is 8.09. The van der Waals surface area contributed by atoms with Gasteiger partial charge in [0.2, 0.25) is 0 Å². The topological polar surface area (TPSA) is 67.3 Å². The molecule has 0 unspecified atom stereocenters. The number of benzene rings is 1. The van der Waals surface area contributed by atoms with Crippen molar-refractivity contribution in [3.05, 3.63) is 76.6 Å². The van der Waals surface area contributed by atoms with Crippen molar-refractivity contribution in [2.24, 2.45) is 0 Å². The van der Waals surface area contributed by atoms with Gasteiger partial charge in [0, 0.05) is 36.5 Å². The van der Waals surface area contributed by atoms with Gasteiger partial charge >= 0.3 is 0 Å². The van der Waals surface area contributed by atoms with Gasteiger partial charge in [0.05, 0.1) is 36.3 Å². The van der Waals surface area contributed by atoms with E-state index in [0.717, 1.165) is 17.1 Å². The maximum Gasteiger partial charge on any atom is 0.257 e. The summed E-state index contributed by atoms with van der Waals surface area (Å²) in [5.74, 6) is 0.104. The first-order valence-electron chi connectivity index (χ1n) is 10.4. The number of halogens is 1. The molecule has 0 atom stereocenters. The Balaban J connectivity index is 1.53. The van der Waals surface area contributed by atoms with Crippen LogP contribution in [-0.2, 0) is 13.0 Å². The normalized spacial score (nSPS) is 15.2. The molecule has 1 N–H and O–H groups in total. The van der Waals surface area contributed by atoms with Crippen molar-refractivity contribution in [1.82, 2.24) is 14.9 Å². The number of fused-ring (bicyclic) bond motifs is 1. The van der Waals surface area contributed by atoms with Crippen LogP contribution in [0.2, 0.25) is 0 Å². The first-order valence-corrected chi connectivity index (χ1v) is 10.4. The number of amides is 1. The fourth-order valence-corrected chi connectivity index (χ4v) is 4.03. The lowest BCUT2D eigenvalue weighted by Crippen LogP contribution is -2.18. The largest absolute Gasteiger partial charge is 0.492 e. The van der Waals surface area contributed by atoms with Crippen molar-refractivity contribution in [3.63, 3.8) is 0 Å². The summed E-state index contributed by atoms with van der Waals surface area (Å²) in [6, 6.07) is 12.6. The minimum Gasteiger partial charge on any atom is -0.492 e. The summed E-state index contributed by atoms with van der Waals surface area (Å²) in [6.45, 7) is 0.437. The van der Waals surface area contributed by atoms with Crippen molar-refractivity contribution < 1.29 is 13.9 Å². The molecule has 0 bridgehead atoms. The predicted octanol–water partition coefficient (Wildman–Crippen LogP) is 4.42. The predicted molar refractivity (Wildman–Crippen MR) is 115 cm³/mol. The van der Waals surface area contributed by atoms with Gasteiger partial charge in [0.25, 0.3) is 5.91 Å². The molecule has 1 saturated carbocycles. The fraction of sp³-hybridized carbons (Fsp3) is 0.292. The third-order valence-electron chi connectivity index (χ3n) is 5.72. The van der Waals surface area contributed by atoms with Crippen LogP contribution < -0.4 is 10.1 Å². The molecular formula is C24H23FN4O2. The summed E-state index contributed by atoms with van der Waals surface area (Å²) in [6.07, 6.45) is 2.96. The van der Waals surface area contributed by atoms with Crippen molar-refractivity contribution in [1.29, 1.82) is 0 Å².